The van der Waals surface area contributed by atoms with Crippen LogP contribution in [-0.2, 0) is 0 Å². The average molecular weight is 740 g/mol. The van der Waals surface area contributed by atoms with Gasteiger partial charge in [-0.1, -0.05) is 0 Å². The third-order valence-corrected chi connectivity index (χ3v) is 70.2. The van der Waals surface area contributed by atoms with Gasteiger partial charge in [-0.05, 0) is 0 Å². The summed E-state index contributed by atoms with van der Waals surface area (Å²) < 4.78 is 7.30. The van der Waals surface area contributed by atoms with Gasteiger partial charge >= 0.3 is 273 Å². The molecule has 0 radical (unpaired) electrons. The molecule has 5 heteroatoms. The van der Waals surface area contributed by atoms with Crippen LogP contribution in [0.1, 0.15) is 193 Å². The minimum absolute atomic E-state index is 1.22. The van der Waals surface area contributed by atoms with E-state index in [-0.39, 0.29) is 0 Å². The van der Waals surface area contributed by atoms with E-state index in [0.717, 1.165) is 0 Å². The van der Waals surface area contributed by atoms with Gasteiger partial charge in [-0.15, -0.1) is 0 Å². The molecule has 0 aliphatic heterocycles. The average Bonchev–Trinajstić information content (AvgIpc) is 3.08. The molecule has 0 nitrogen and oxygen atoms in total. The van der Waals surface area contributed by atoms with Crippen LogP contribution < -0.4 is 0 Å². The first-order valence-corrected chi connectivity index (χ1v) is 35.3. The van der Waals surface area contributed by atoms with Crippen LogP contribution in [0.2, 0.25) is 28.5 Å². The summed E-state index contributed by atoms with van der Waals surface area (Å²) >= 11 is -4.35. The van der Waals surface area contributed by atoms with Crippen LogP contribution in [0, 0.1) is 0 Å². The van der Waals surface area contributed by atoms with Crippen LogP contribution in [0.25, 0.3) is 0 Å². The van der Waals surface area contributed by atoms with Crippen LogP contribution in [0.4, 0.5) is 0 Å². The van der Waals surface area contributed by atoms with Gasteiger partial charge < -0.3 is 0 Å². The van der Waals surface area contributed by atoms with Crippen LogP contribution in [0.5, 0.6) is 0 Å². The Morgan fingerprint density at radius 2 is 0.415 bits per heavy atom. The van der Waals surface area contributed by atoms with Crippen molar-refractivity contribution in [2.45, 2.75) is 221 Å². The first kappa shape index (κ1) is 33.1. The molecule has 6 aliphatic rings. The fourth-order valence-corrected chi connectivity index (χ4v) is 91.6. The quantitative estimate of drug-likeness (QED) is 0.162. The van der Waals surface area contributed by atoms with Gasteiger partial charge in [-0.25, -0.2) is 0 Å². The zero-order valence-corrected chi connectivity index (χ0v) is 33.5. The molecular formula is C36H66Ge2S3. The number of hydrogen-bond acceptors (Lipinski definition) is 3. The summed E-state index contributed by atoms with van der Waals surface area (Å²) in [5.74, 6) is 0. The van der Waals surface area contributed by atoms with E-state index in [4.69, 9.17) is 0 Å². The molecule has 41 heavy (non-hydrogen) atoms. The SMILES string of the molecule is C1CC[CH]([Ge]([S]S[S][Ge]([CH]2CCCCC2)([CH]2CCCCC2)[CH]2CCCCC2)([CH]2CCCCC2)[CH]2CCCCC2)CC1. The summed E-state index contributed by atoms with van der Waals surface area (Å²) in [5.41, 5.74) is 0. The summed E-state index contributed by atoms with van der Waals surface area (Å²) in [7, 11) is 8.27. The summed E-state index contributed by atoms with van der Waals surface area (Å²) in [5, 5.41) is 0. The van der Waals surface area contributed by atoms with E-state index in [1.807, 2.05) is 0 Å². The van der Waals surface area contributed by atoms with Crippen LogP contribution in [0.15, 0.2) is 0 Å². The Hall–Kier alpha value is 2.14. The van der Waals surface area contributed by atoms with Crippen molar-refractivity contribution in [3.63, 3.8) is 0 Å². The van der Waals surface area contributed by atoms with E-state index in [1.54, 1.807) is 193 Å². The topological polar surface area (TPSA) is 0 Å². The van der Waals surface area contributed by atoms with Crippen LogP contribution in [-0.4, -0.2) is 24.2 Å². The Morgan fingerprint density at radius 3 is 0.585 bits per heavy atom. The summed E-state index contributed by atoms with van der Waals surface area (Å²) in [6.45, 7) is 0. The first-order valence-electron chi connectivity index (χ1n) is 19.4. The normalized spacial score (nSPS) is 28.7. The molecule has 0 aromatic heterocycles. The van der Waals surface area contributed by atoms with Crippen molar-refractivity contribution in [1.29, 1.82) is 0 Å². The molecule has 6 saturated carbocycles. The standard InChI is InChI=1S/C36H66Ge2S3/c1-7-19-31(20-8-1)37(32-21-9-2-10-22-32,33-23-11-3-12-24-33)39-41-40-38(34-25-13-4-14-26-34,35-27-15-5-16-28-35)36-29-17-6-18-30-36/h31-36H,1-30H2. The molecule has 6 rings (SSSR count). The van der Waals surface area contributed by atoms with Gasteiger partial charge in [0.2, 0.25) is 0 Å². The monoisotopic (exact) mass is 742 g/mol. The molecule has 236 valence electrons. The maximum absolute atomic E-state index is 2.82. The molecule has 0 bridgehead atoms. The van der Waals surface area contributed by atoms with E-state index in [2.05, 4.69) is 28.1 Å². The molecular weight excluding hydrogens is 674 g/mol. The van der Waals surface area contributed by atoms with Gasteiger partial charge in [0.05, 0.1) is 0 Å². The Kier molecular flexibility index (Phi) is 13.5. The maximum atomic E-state index is 2.82. The number of hydrogen-bond donors (Lipinski definition) is 0. The van der Waals surface area contributed by atoms with Gasteiger partial charge in [0.25, 0.3) is 0 Å². The predicted octanol–water partition coefficient (Wildman–Crippen LogP) is 14.9. The Balaban J connectivity index is 1.31. The molecule has 0 amide bonds. The van der Waals surface area contributed by atoms with Crippen molar-refractivity contribution in [2.24, 2.45) is 0 Å². The van der Waals surface area contributed by atoms with Gasteiger partial charge in [0.15, 0.2) is 0 Å². The molecule has 0 saturated heterocycles. The molecule has 0 heterocycles. The van der Waals surface area contributed by atoms with Crippen molar-refractivity contribution < 1.29 is 0 Å². The van der Waals surface area contributed by atoms with Crippen LogP contribution in [0.3, 0.4) is 0 Å². The molecule has 0 aromatic rings. The van der Waals surface area contributed by atoms with Gasteiger partial charge in [0.1, 0.15) is 0 Å². The Bertz CT molecular complexity index is 587. The molecule has 0 spiro atoms. The number of rotatable bonds is 10. The minimum atomic E-state index is -2.17. The molecule has 0 aromatic carbocycles. The third kappa shape index (κ3) is 7.66. The predicted molar refractivity (Wildman–Crippen MR) is 195 cm³/mol. The van der Waals surface area contributed by atoms with Crippen molar-refractivity contribution in [1.82, 2.24) is 0 Å². The van der Waals surface area contributed by atoms with Crippen molar-refractivity contribution in [3.8, 4) is 0 Å². The Labute approximate surface area is 271 Å². The van der Waals surface area contributed by atoms with Crippen molar-refractivity contribution >= 4 is 52.3 Å². The fraction of sp³-hybridized carbons (Fsp3) is 1.00. The fourth-order valence-electron chi connectivity index (χ4n) is 11.9. The van der Waals surface area contributed by atoms with Crippen LogP contribution >= 0.6 is 28.1 Å². The second-order valence-electron chi connectivity index (χ2n) is 16.0. The van der Waals surface area contributed by atoms with Gasteiger partial charge in [-0.2, -0.15) is 0 Å². The molecule has 6 aliphatic carbocycles. The Morgan fingerprint density at radius 1 is 0.244 bits per heavy atom. The van der Waals surface area contributed by atoms with Gasteiger partial charge in [-0.3, -0.25) is 0 Å². The first-order chi connectivity index (χ1) is 20.3. The zero-order chi connectivity index (χ0) is 27.8. The molecule has 0 unspecified atom stereocenters. The zero-order valence-electron chi connectivity index (χ0n) is 26.9. The second kappa shape index (κ2) is 16.8. The van der Waals surface area contributed by atoms with E-state index >= 15 is 0 Å². The van der Waals surface area contributed by atoms with Crippen molar-refractivity contribution in [2.75, 3.05) is 0 Å². The van der Waals surface area contributed by atoms with Crippen molar-refractivity contribution in [3.05, 3.63) is 0 Å². The summed E-state index contributed by atoms with van der Waals surface area (Å²) in [6, 6.07) is 0. The summed E-state index contributed by atoms with van der Waals surface area (Å²) in [4.78, 5) is 0. The van der Waals surface area contributed by atoms with E-state index in [9.17, 15) is 0 Å². The van der Waals surface area contributed by atoms with E-state index in [1.165, 1.54) is 28.5 Å². The van der Waals surface area contributed by atoms with E-state index < -0.39 is 24.2 Å². The molecule has 6 fully saturated rings. The second-order valence-corrected chi connectivity index (χ2v) is 50.1. The molecule has 0 N–H and O–H groups in total. The van der Waals surface area contributed by atoms with Gasteiger partial charge in [0, 0.05) is 0 Å². The molecule has 0 atom stereocenters. The third-order valence-electron chi connectivity index (χ3n) is 13.8. The summed E-state index contributed by atoms with van der Waals surface area (Å²) in [6.07, 6.45) is 48.3. The van der Waals surface area contributed by atoms with E-state index in [0.29, 0.717) is 0 Å².